The van der Waals surface area contributed by atoms with Gasteiger partial charge in [-0.2, -0.15) is 0 Å². The normalized spacial score (nSPS) is 42.4. The van der Waals surface area contributed by atoms with Gasteiger partial charge in [0.25, 0.3) is 0 Å². The van der Waals surface area contributed by atoms with Crippen LogP contribution in [0.5, 0.6) is 0 Å². The monoisotopic (exact) mass is 280 g/mol. The van der Waals surface area contributed by atoms with Crippen LogP contribution in [0.1, 0.15) is 72.6 Å². The molecule has 0 saturated heterocycles. The van der Waals surface area contributed by atoms with Gasteiger partial charge in [-0.1, -0.05) is 20.8 Å². The Balaban J connectivity index is 2.10. The molecular weight excluding hydrogens is 248 g/mol. The zero-order valence-electron chi connectivity index (χ0n) is 13.8. The Bertz CT molecular complexity index is 318. The van der Waals surface area contributed by atoms with Gasteiger partial charge in [0.2, 0.25) is 0 Å². The molecular formula is C18H32O2. The van der Waals surface area contributed by atoms with Gasteiger partial charge in [0.1, 0.15) is 5.60 Å². The molecule has 0 radical (unpaired) electrons. The van der Waals surface area contributed by atoms with Crippen LogP contribution in [0.25, 0.3) is 0 Å². The van der Waals surface area contributed by atoms with Gasteiger partial charge in [-0.3, -0.25) is 4.79 Å². The van der Waals surface area contributed by atoms with Crippen molar-refractivity contribution in [2.45, 2.75) is 78.2 Å². The lowest BCUT2D eigenvalue weighted by Crippen LogP contribution is -2.49. The fourth-order valence-corrected chi connectivity index (χ4v) is 4.50. The number of Topliss-reactive ketones (excluding diaryl/α,β-unsaturated/α-hetero) is 1. The van der Waals surface area contributed by atoms with E-state index in [0.717, 1.165) is 44.4 Å². The summed E-state index contributed by atoms with van der Waals surface area (Å²) < 4.78 is 6.05. The second-order valence-electron chi connectivity index (χ2n) is 7.59. The van der Waals surface area contributed by atoms with Crippen molar-refractivity contribution in [2.24, 2.45) is 23.7 Å². The predicted octanol–water partition coefficient (Wildman–Crippen LogP) is 4.61. The largest absolute Gasteiger partial charge is 0.367 e. The third-order valence-corrected chi connectivity index (χ3v) is 5.50. The van der Waals surface area contributed by atoms with E-state index in [0.29, 0.717) is 24.2 Å². The molecule has 2 aliphatic carbocycles. The average molecular weight is 280 g/mol. The Labute approximate surface area is 124 Å². The maximum atomic E-state index is 13.1. The van der Waals surface area contributed by atoms with E-state index < -0.39 is 5.60 Å². The second kappa shape index (κ2) is 6.60. The summed E-state index contributed by atoms with van der Waals surface area (Å²) in [5, 5.41) is 0. The summed E-state index contributed by atoms with van der Waals surface area (Å²) in [6, 6.07) is 0. The van der Waals surface area contributed by atoms with E-state index in [1.165, 1.54) is 6.42 Å². The first-order chi connectivity index (χ1) is 9.47. The molecule has 2 fully saturated rings. The van der Waals surface area contributed by atoms with Crippen LogP contribution in [-0.4, -0.2) is 18.0 Å². The van der Waals surface area contributed by atoms with Crippen molar-refractivity contribution in [1.82, 2.24) is 0 Å². The Morgan fingerprint density at radius 3 is 2.05 bits per heavy atom. The Morgan fingerprint density at radius 1 is 1.00 bits per heavy atom. The third-order valence-electron chi connectivity index (χ3n) is 5.50. The molecule has 2 heteroatoms. The molecule has 2 atom stereocenters. The summed E-state index contributed by atoms with van der Waals surface area (Å²) in [6.45, 7) is 9.58. The average Bonchev–Trinajstić information content (AvgIpc) is 2.40. The molecule has 2 unspecified atom stereocenters. The predicted molar refractivity (Wildman–Crippen MR) is 82.7 cm³/mol. The van der Waals surface area contributed by atoms with E-state index >= 15 is 0 Å². The molecule has 0 bridgehead atoms. The minimum absolute atomic E-state index is 0.244. The minimum atomic E-state index is -0.442. The van der Waals surface area contributed by atoms with Gasteiger partial charge in [0, 0.05) is 12.5 Å². The highest BCUT2D eigenvalue weighted by Gasteiger charge is 2.45. The van der Waals surface area contributed by atoms with Gasteiger partial charge < -0.3 is 4.74 Å². The Hall–Kier alpha value is -0.370. The Kier molecular flexibility index (Phi) is 5.28. The van der Waals surface area contributed by atoms with E-state index in [1.54, 1.807) is 0 Å². The fraction of sp³-hybridized carbons (Fsp3) is 0.944. The molecule has 0 spiro atoms. The van der Waals surface area contributed by atoms with Crippen LogP contribution in [0.3, 0.4) is 0 Å². The van der Waals surface area contributed by atoms with Crippen LogP contribution in [0.4, 0.5) is 0 Å². The number of hydrogen-bond donors (Lipinski definition) is 0. The molecule has 0 aromatic rings. The van der Waals surface area contributed by atoms with Crippen molar-refractivity contribution in [3.05, 3.63) is 0 Å². The van der Waals surface area contributed by atoms with E-state index in [1.807, 2.05) is 6.92 Å². The first kappa shape index (κ1) is 16.0. The van der Waals surface area contributed by atoms with Crippen LogP contribution < -0.4 is 0 Å². The highest BCUT2D eigenvalue weighted by atomic mass is 16.5. The molecule has 0 aliphatic heterocycles. The van der Waals surface area contributed by atoms with E-state index in [2.05, 4.69) is 20.8 Å². The molecule has 0 N–H and O–H groups in total. The number of ketones is 1. The minimum Gasteiger partial charge on any atom is -0.367 e. The topological polar surface area (TPSA) is 26.3 Å². The lowest BCUT2D eigenvalue weighted by Gasteiger charge is -2.42. The quantitative estimate of drug-likeness (QED) is 0.751. The van der Waals surface area contributed by atoms with Crippen LogP contribution in [0.2, 0.25) is 0 Å². The van der Waals surface area contributed by atoms with Crippen LogP contribution in [0, 0.1) is 23.7 Å². The second-order valence-corrected chi connectivity index (χ2v) is 7.59. The summed E-state index contributed by atoms with van der Waals surface area (Å²) in [5.74, 6) is 2.81. The zero-order valence-corrected chi connectivity index (χ0v) is 13.8. The van der Waals surface area contributed by atoms with Crippen molar-refractivity contribution in [3.8, 4) is 0 Å². The van der Waals surface area contributed by atoms with Crippen LogP contribution in [0.15, 0.2) is 0 Å². The first-order valence-corrected chi connectivity index (χ1v) is 8.65. The number of ether oxygens (including phenoxy) is 1. The lowest BCUT2D eigenvalue weighted by molar-refractivity contribution is -0.156. The maximum absolute atomic E-state index is 13.1. The Morgan fingerprint density at radius 2 is 1.55 bits per heavy atom. The molecule has 20 heavy (non-hydrogen) atoms. The van der Waals surface area contributed by atoms with Crippen molar-refractivity contribution < 1.29 is 9.53 Å². The SMILES string of the molecule is CCOC1(C(=O)C2CC(C)CC(C)C2)CCC(C)CC1. The maximum Gasteiger partial charge on any atom is 0.167 e. The van der Waals surface area contributed by atoms with Gasteiger partial charge >= 0.3 is 0 Å². The van der Waals surface area contributed by atoms with Crippen LogP contribution in [-0.2, 0) is 9.53 Å². The number of hydrogen-bond acceptors (Lipinski definition) is 2. The summed E-state index contributed by atoms with van der Waals surface area (Å²) >= 11 is 0. The zero-order chi connectivity index (χ0) is 14.8. The highest BCUT2D eigenvalue weighted by Crippen LogP contribution is 2.42. The molecule has 0 aromatic carbocycles. The number of carbonyl (C=O) groups excluding carboxylic acids is 1. The molecule has 116 valence electrons. The van der Waals surface area contributed by atoms with Gasteiger partial charge in [-0.15, -0.1) is 0 Å². The lowest BCUT2D eigenvalue weighted by atomic mass is 9.68. The molecule has 0 heterocycles. The van der Waals surface area contributed by atoms with Crippen molar-refractivity contribution in [2.75, 3.05) is 6.61 Å². The number of rotatable bonds is 4. The standard InChI is InChI=1S/C18H32O2/c1-5-20-18(8-6-13(2)7-9-18)17(19)16-11-14(3)10-15(4)12-16/h13-16H,5-12H2,1-4H3. The fourth-order valence-electron chi connectivity index (χ4n) is 4.50. The van der Waals surface area contributed by atoms with Gasteiger partial charge in [-0.05, 0) is 69.6 Å². The van der Waals surface area contributed by atoms with E-state index in [9.17, 15) is 4.79 Å². The molecule has 2 nitrogen and oxygen atoms in total. The van der Waals surface area contributed by atoms with Crippen molar-refractivity contribution in [3.63, 3.8) is 0 Å². The molecule has 2 aliphatic rings. The first-order valence-electron chi connectivity index (χ1n) is 8.65. The van der Waals surface area contributed by atoms with E-state index in [-0.39, 0.29) is 5.92 Å². The van der Waals surface area contributed by atoms with Gasteiger partial charge in [0.05, 0.1) is 0 Å². The number of carbonyl (C=O) groups is 1. The van der Waals surface area contributed by atoms with Gasteiger partial charge in [0.15, 0.2) is 5.78 Å². The van der Waals surface area contributed by atoms with Crippen LogP contribution >= 0.6 is 0 Å². The summed E-state index contributed by atoms with van der Waals surface area (Å²) in [4.78, 5) is 13.1. The van der Waals surface area contributed by atoms with E-state index in [4.69, 9.17) is 4.74 Å². The molecule has 0 amide bonds. The summed E-state index contributed by atoms with van der Waals surface area (Å²) in [5.41, 5.74) is -0.442. The van der Waals surface area contributed by atoms with Crippen molar-refractivity contribution in [1.29, 1.82) is 0 Å². The molecule has 2 saturated carbocycles. The highest BCUT2D eigenvalue weighted by molar-refractivity contribution is 5.89. The molecule has 2 rings (SSSR count). The smallest absolute Gasteiger partial charge is 0.167 e. The summed E-state index contributed by atoms with van der Waals surface area (Å²) in [6.07, 6.45) is 7.61. The summed E-state index contributed by atoms with van der Waals surface area (Å²) in [7, 11) is 0. The third kappa shape index (κ3) is 3.44. The van der Waals surface area contributed by atoms with Gasteiger partial charge in [-0.25, -0.2) is 0 Å². The molecule has 0 aromatic heterocycles. The van der Waals surface area contributed by atoms with Crippen molar-refractivity contribution >= 4 is 5.78 Å².